The van der Waals surface area contributed by atoms with Crippen molar-refractivity contribution in [2.45, 2.75) is 33.2 Å². The number of hydrogen-bond acceptors (Lipinski definition) is 5. The van der Waals surface area contributed by atoms with E-state index in [0.29, 0.717) is 29.8 Å². The lowest BCUT2D eigenvalue weighted by atomic mass is 10.0. The molecular formula is C15H24ClN5O2. The van der Waals surface area contributed by atoms with E-state index < -0.39 is 0 Å². The zero-order valence-corrected chi connectivity index (χ0v) is 14.7. The molecule has 0 aliphatic heterocycles. The molecule has 2 aromatic heterocycles. The van der Waals surface area contributed by atoms with Gasteiger partial charge in [-0.2, -0.15) is 5.10 Å². The van der Waals surface area contributed by atoms with Crippen LogP contribution in [0.3, 0.4) is 0 Å². The van der Waals surface area contributed by atoms with Crippen LogP contribution in [0.1, 0.15) is 36.5 Å². The Labute approximate surface area is 142 Å². The van der Waals surface area contributed by atoms with Gasteiger partial charge in [-0.05, 0) is 19.3 Å². The highest BCUT2D eigenvalue weighted by atomic mass is 35.5. The summed E-state index contributed by atoms with van der Waals surface area (Å²) in [5.41, 5.74) is 6.75. The minimum absolute atomic E-state index is 0. The molecule has 3 N–H and O–H groups in total. The largest absolute Gasteiger partial charge is 0.440 e. The Bertz CT molecular complexity index is 650. The number of carbonyl (C=O) groups excluding carboxylic acids is 1. The summed E-state index contributed by atoms with van der Waals surface area (Å²) in [6.45, 7) is 6.31. The standard InChI is InChI=1S/C15H23N5O2.ClH/c1-9(2)5-12(6-16)18-14(21)13-10(3)22-15(19-13)11-7-17-20(4)8-11;/h7-9,12H,5-6,16H2,1-4H3,(H,18,21);1H. The second-order valence-corrected chi connectivity index (χ2v) is 5.86. The molecule has 0 aromatic carbocycles. The highest BCUT2D eigenvalue weighted by Gasteiger charge is 2.21. The van der Waals surface area contributed by atoms with Crippen molar-refractivity contribution >= 4 is 18.3 Å². The topological polar surface area (TPSA) is 99.0 Å². The van der Waals surface area contributed by atoms with Crippen molar-refractivity contribution in [3.63, 3.8) is 0 Å². The zero-order valence-electron chi connectivity index (χ0n) is 13.9. The van der Waals surface area contributed by atoms with E-state index in [1.165, 1.54) is 0 Å². The smallest absolute Gasteiger partial charge is 0.273 e. The third kappa shape index (κ3) is 4.80. The van der Waals surface area contributed by atoms with Gasteiger partial charge in [-0.25, -0.2) is 4.98 Å². The molecule has 1 unspecified atom stereocenters. The van der Waals surface area contributed by atoms with Crippen molar-refractivity contribution in [2.24, 2.45) is 18.7 Å². The minimum Gasteiger partial charge on any atom is -0.440 e. The van der Waals surface area contributed by atoms with Crippen LogP contribution in [-0.4, -0.2) is 33.3 Å². The number of aromatic nitrogens is 3. The van der Waals surface area contributed by atoms with E-state index in [1.54, 1.807) is 24.0 Å². The highest BCUT2D eigenvalue weighted by molar-refractivity contribution is 5.93. The van der Waals surface area contributed by atoms with Crippen molar-refractivity contribution in [1.82, 2.24) is 20.1 Å². The highest BCUT2D eigenvalue weighted by Crippen LogP contribution is 2.21. The fraction of sp³-hybridized carbons (Fsp3) is 0.533. The van der Waals surface area contributed by atoms with Crippen molar-refractivity contribution in [3.05, 3.63) is 23.8 Å². The molecule has 2 rings (SSSR count). The lowest BCUT2D eigenvalue weighted by Crippen LogP contribution is -2.41. The van der Waals surface area contributed by atoms with Gasteiger partial charge >= 0.3 is 0 Å². The Morgan fingerprint density at radius 2 is 2.17 bits per heavy atom. The lowest BCUT2D eigenvalue weighted by molar-refractivity contribution is 0.0928. The van der Waals surface area contributed by atoms with Gasteiger partial charge in [0, 0.05) is 25.8 Å². The van der Waals surface area contributed by atoms with Gasteiger partial charge in [-0.15, -0.1) is 12.4 Å². The van der Waals surface area contributed by atoms with E-state index in [1.807, 2.05) is 7.05 Å². The van der Waals surface area contributed by atoms with E-state index in [4.69, 9.17) is 10.2 Å². The SMILES string of the molecule is Cc1oc(-c2cnn(C)c2)nc1C(=O)NC(CN)CC(C)C.Cl. The van der Waals surface area contributed by atoms with E-state index >= 15 is 0 Å². The van der Waals surface area contributed by atoms with E-state index in [9.17, 15) is 4.79 Å². The number of rotatable bonds is 6. The first-order valence-electron chi connectivity index (χ1n) is 7.38. The van der Waals surface area contributed by atoms with Crippen molar-refractivity contribution in [1.29, 1.82) is 0 Å². The van der Waals surface area contributed by atoms with Crippen LogP contribution in [0.5, 0.6) is 0 Å². The van der Waals surface area contributed by atoms with Crippen LogP contribution < -0.4 is 11.1 Å². The van der Waals surface area contributed by atoms with Crippen LogP contribution in [-0.2, 0) is 7.05 Å². The Hall–Kier alpha value is -1.86. The number of hydrogen-bond donors (Lipinski definition) is 2. The molecule has 23 heavy (non-hydrogen) atoms. The maximum absolute atomic E-state index is 12.4. The first-order valence-corrected chi connectivity index (χ1v) is 7.38. The van der Waals surface area contributed by atoms with Crippen LogP contribution in [0.25, 0.3) is 11.5 Å². The first kappa shape index (κ1) is 19.2. The molecule has 0 saturated carbocycles. The van der Waals surface area contributed by atoms with Crippen LogP contribution in [0, 0.1) is 12.8 Å². The summed E-state index contributed by atoms with van der Waals surface area (Å²) in [6, 6.07) is -0.0644. The maximum Gasteiger partial charge on any atom is 0.273 e. The molecule has 1 amide bonds. The van der Waals surface area contributed by atoms with Gasteiger partial charge in [0.25, 0.3) is 5.91 Å². The van der Waals surface area contributed by atoms with Gasteiger partial charge in [-0.3, -0.25) is 9.48 Å². The molecule has 0 spiro atoms. The minimum atomic E-state index is -0.257. The number of amides is 1. The van der Waals surface area contributed by atoms with Gasteiger partial charge in [0.1, 0.15) is 5.76 Å². The quantitative estimate of drug-likeness (QED) is 0.836. The Morgan fingerprint density at radius 1 is 1.48 bits per heavy atom. The average Bonchev–Trinajstić information content (AvgIpc) is 3.03. The van der Waals surface area contributed by atoms with Crippen LogP contribution in [0.2, 0.25) is 0 Å². The molecule has 0 bridgehead atoms. The molecule has 0 radical (unpaired) electrons. The first-order chi connectivity index (χ1) is 10.4. The predicted octanol–water partition coefficient (Wildman–Crippen LogP) is 1.91. The average molecular weight is 342 g/mol. The van der Waals surface area contributed by atoms with Gasteiger partial charge in [-0.1, -0.05) is 13.8 Å². The van der Waals surface area contributed by atoms with Crippen molar-refractivity contribution in [2.75, 3.05) is 6.54 Å². The molecule has 1 atom stereocenters. The Balaban J connectivity index is 0.00000264. The van der Waals surface area contributed by atoms with Gasteiger partial charge < -0.3 is 15.5 Å². The van der Waals surface area contributed by atoms with Gasteiger partial charge in [0.05, 0.1) is 11.8 Å². The molecule has 0 aliphatic carbocycles. The van der Waals surface area contributed by atoms with Crippen molar-refractivity contribution in [3.8, 4) is 11.5 Å². The summed E-state index contributed by atoms with van der Waals surface area (Å²) in [6.07, 6.45) is 4.26. The lowest BCUT2D eigenvalue weighted by Gasteiger charge is -2.18. The normalized spacial score (nSPS) is 12.1. The summed E-state index contributed by atoms with van der Waals surface area (Å²) in [5, 5.41) is 6.99. The molecule has 0 saturated heterocycles. The summed E-state index contributed by atoms with van der Waals surface area (Å²) in [5.74, 6) is 1.08. The fourth-order valence-electron chi connectivity index (χ4n) is 2.30. The van der Waals surface area contributed by atoms with Gasteiger partial charge in [0.15, 0.2) is 5.69 Å². The van der Waals surface area contributed by atoms with E-state index in [0.717, 1.165) is 12.0 Å². The summed E-state index contributed by atoms with van der Waals surface area (Å²) in [4.78, 5) is 16.6. The predicted molar refractivity (Wildman–Crippen MR) is 90.5 cm³/mol. The van der Waals surface area contributed by atoms with Gasteiger partial charge in [0.2, 0.25) is 5.89 Å². The molecule has 8 heteroatoms. The number of oxazole rings is 1. The van der Waals surface area contributed by atoms with Crippen LogP contribution >= 0.6 is 12.4 Å². The zero-order chi connectivity index (χ0) is 16.3. The fourth-order valence-corrected chi connectivity index (χ4v) is 2.30. The number of nitrogens with one attached hydrogen (secondary N) is 1. The third-order valence-electron chi connectivity index (χ3n) is 3.34. The molecule has 7 nitrogen and oxygen atoms in total. The summed E-state index contributed by atoms with van der Waals surface area (Å²) >= 11 is 0. The number of nitrogens with zero attached hydrogens (tertiary/aromatic N) is 3. The summed E-state index contributed by atoms with van der Waals surface area (Å²) < 4.78 is 7.23. The Kier molecular flexibility index (Phi) is 6.78. The van der Waals surface area contributed by atoms with Crippen molar-refractivity contribution < 1.29 is 9.21 Å². The van der Waals surface area contributed by atoms with Crippen LogP contribution in [0.15, 0.2) is 16.8 Å². The molecule has 2 aromatic rings. The number of halogens is 1. The molecule has 128 valence electrons. The Morgan fingerprint density at radius 3 is 2.70 bits per heavy atom. The monoisotopic (exact) mass is 341 g/mol. The molecular weight excluding hydrogens is 318 g/mol. The van der Waals surface area contributed by atoms with E-state index in [2.05, 4.69) is 29.2 Å². The molecule has 0 aliphatic rings. The third-order valence-corrected chi connectivity index (χ3v) is 3.34. The molecule has 2 heterocycles. The number of nitrogens with two attached hydrogens (primary N) is 1. The molecule has 0 fully saturated rings. The van der Waals surface area contributed by atoms with E-state index in [-0.39, 0.29) is 24.4 Å². The second-order valence-electron chi connectivity index (χ2n) is 5.86. The summed E-state index contributed by atoms with van der Waals surface area (Å²) in [7, 11) is 1.81. The number of carbonyl (C=O) groups is 1. The van der Waals surface area contributed by atoms with Crippen LogP contribution in [0.4, 0.5) is 0 Å². The number of aryl methyl sites for hydroxylation is 2. The maximum atomic E-state index is 12.4. The second kappa shape index (κ2) is 8.12.